The van der Waals surface area contributed by atoms with E-state index in [0.29, 0.717) is 0 Å². The van der Waals surface area contributed by atoms with Crippen LogP contribution >= 0.6 is 0 Å². The van der Waals surface area contributed by atoms with Crippen molar-refractivity contribution in [2.45, 2.75) is 85.4 Å². The summed E-state index contributed by atoms with van der Waals surface area (Å²) in [6, 6.07) is -0.738. The number of hydrogen-bond acceptors (Lipinski definition) is 2. The second kappa shape index (κ2) is 6.80. The van der Waals surface area contributed by atoms with Crippen molar-refractivity contribution in [3.63, 3.8) is 0 Å². The fraction of sp³-hybridized carbons (Fsp3) is 0.882. The molecule has 122 valence electrons. The molecule has 1 rings (SSSR count). The zero-order valence-electron chi connectivity index (χ0n) is 14.7. The Bertz CT molecular complexity index is 388. The van der Waals surface area contributed by atoms with Crippen LogP contribution in [0.15, 0.2) is 0 Å². The Morgan fingerprint density at radius 2 is 1.67 bits per heavy atom. The molecule has 1 heterocycles. The van der Waals surface area contributed by atoms with E-state index in [0.717, 1.165) is 19.3 Å². The van der Waals surface area contributed by atoms with Crippen LogP contribution < -0.4 is 5.32 Å². The molecule has 1 saturated heterocycles. The largest absolute Gasteiger partial charge is 0.342 e. The van der Waals surface area contributed by atoms with Crippen LogP contribution in [0.2, 0.25) is 0 Å². The molecule has 3 atom stereocenters. The van der Waals surface area contributed by atoms with E-state index in [1.54, 1.807) is 0 Å². The van der Waals surface area contributed by atoms with E-state index in [1.807, 2.05) is 25.7 Å². The van der Waals surface area contributed by atoms with Gasteiger partial charge in [-0.25, -0.2) is 0 Å². The number of piperazine rings is 1. The topological polar surface area (TPSA) is 49.4 Å². The van der Waals surface area contributed by atoms with E-state index in [1.165, 1.54) is 0 Å². The standard InChI is InChI=1S/C17H32N2O2/c1-8-12(6)13-16(21)19(17(7,9-2)10-3)14(11(4)5)15(20)18-13/h11-14H,8-10H2,1-7H3,(H,18,20). The minimum Gasteiger partial charge on any atom is -0.342 e. The summed E-state index contributed by atoms with van der Waals surface area (Å²) in [5.74, 6) is 0.371. The Morgan fingerprint density at radius 3 is 2.05 bits per heavy atom. The zero-order chi connectivity index (χ0) is 16.4. The smallest absolute Gasteiger partial charge is 0.246 e. The summed E-state index contributed by atoms with van der Waals surface area (Å²) in [7, 11) is 0. The molecule has 1 N–H and O–H groups in total. The number of nitrogens with one attached hydrogen (secondary N) is 1. The summed E-state index contributed by atoms with van der Waals surface area (Å²) in [6.45, 7) is 14.4. The van der Waals surface area contributed by atoms with Crippen LogP contribution in [0.3, 0.4) is 0 Å². The van der Waals surface area contributed by atoms with Crippen molar-refractivity contribution < 1.29 is 9.59 Å². The lowest BCUT2D eigenvalue weighted by Crippen LogP contribution is -2.71. The maximum atomic E-state index is 13.1. The number of rotatable bonds is 6. The monoisotopic (exact) mass is 296 g/mol. The van der Waals surface area contributed by atoms with Crippen LogP contribution in [0.1, 0.15) is 67.7 Å². The van der Waals surface area contributed by atoms with Gasteiger partial charge in [-0.2, -0.15) is 0 Å². The Balaban J connectivity index is 3.27. The van der Waals surface area contributed by atoms with E-state index in [4.69, 9.17) is 0 Å². The summed E-state index contributed by atoms with van der Waals surface area (Å²) in [5.41, 5.74) is -0.254. The van der Waals surface area contributed by atoms with E-state index < -0.39 is 0 Å². The molecular weight excluding hydrogens is 264 g/mol. The Kier molecular flexibility index (Phi) is 5.83. The normalized spacial score (nSPS) is 25.2. The third-order valence-electron chi connectivity index (χ3n) is 5.30. The van der Waals surface area contributed by atoms with Crippen LogP contribution in [-0.4, -0.2) is 34.3 Å². The molecule has 1 fully saturated rings. The van der Waals surface area contributed by atoms with Crippen LogP contribution in [-0.2, 0) is 9.59 Å². The molecule has 21 heavy (non-hydrogen) atoms. The molecular formula is C17H32N2O2. The molecule has 0 aromatic heterocycles. The first-order chi connectivity index (χ1) is 9.73. The van der Waals surface area contributed by atoms with Crippen molar-refractivity contribution in [2.24, 2.45) is 11.8 Å². The van der Waals surface area contributed by atoms with Gasteiger partial charge in [0, 0.05) is 5.54 Å². The van der Waals surface area contributed by atoms with E-state index >= 15 is 0 Å². The predicted molar refractivity (Wildman–Crippen MR) is 85.8 cm³/mol. The van der Waals surface area contributed by atoms with Crippen molar-refractivity contribution in [3.05, 3.63) is 0 Å². The summed E-state index contributed by atoms with van der Waals surface area (Å²) in [6.07, 6.45) is 2.60. The van der Waals surface area contributed by atoms with Crippen molar-refractivity contribution in [3.8, 4) is 0 Å². The summed E-state index contributed by atoms with van der Waals surface area (Å²) in [4.78, 5) is 27.6. The average Bonchev–Trinajstić information content (AvgIpc) is 2.46. The molecule has 0 radical (unpaired) electrons. The van der Waals surface area contributed by atoms with Gasteiger partial charge in [-0.15, -0.1) is 0 Å². The molecule has 0 aliphatic carbocycles. The van der Waals surface area contributed by atoms with Gasteiger partial charge in [-0.3, -0.25) is 9.59 Å². The molecule has 4 heteroatoms. The third-order valence-corrected chi connectivity index (χ3v) is 5.30. The number of carbonyl (C=O) groups excluding carboxylic acids is 2. The Morgan fingerprint density at radius 1 is 1.14 bits per heavy atom. The van der Waals surface area contributed by atoms with Crippen molar-refractivity contribution >= 4 is 11.8 Å². The number of hydrogen-bond donors (Lipinski definition) is 1. The molecule has 0 saturated carbocycles. The van der Waals surface area contributed by atoms with Crippen molar-refractivity contribution in [2.75, 3.05) is 0 Å². The maximum Gasteiger partial charge on any atom is 0.246 e. The predicted octanol–water partition coefficient (Wildman–Crippen LogP) is 2.96. The molecule has 1 aliphatic rings. The highest BCUT2D eigenvalue weighted by atomic mass is 16.2. The van der Waals surface area contributed by atoms with Gasteiger partial charge >= 0.3 is 0 Å². The molecule has 0 aromatic rings. The van der Waals surface area contributed by atoms with Gasteiger partial charge in [-0.1, -0.05) is 48.0 Å². The van der Waals surface area contributed by atoms with Crippen LogP contribution in [0, 0.1) is 11.8 Å². The number of carbonyl (C=O) groups is 2. The first kappa shape index (κ1) is 18.0. The SMILES string of the molecule is CCC(C)C1NC(=O)C(C(C)C)N(C(C)(CC)CC)C1=O. The Hall–Kier alpha value is -1.06. The molecule has 0 spiro atoms. The molecule has 0 aromatic carbocycles. The summed E-state index contributed by atoms with van der Waals surface area (Å²) < 4.78 is 0. The maximum absolute atomic E-state index is 13.1. The Labute approximate surface area is 129 Å². The number of nitrogens with zero attached hydrogens (tertiary/aromatic N) is 1. The fourth-order valence-electron chi connectivity index (χ4n) is 3.12. The average molecular weight is 296 g/mol. The quantitative estimate of drug-likeness (QED) is 0.819. The van der Waals surface area contributed by atoms with Gasteiger partial charge in [0.15, 0.2) is 0 Å². The van der Waals surface area contributed by atoms with Gasteiger partial charge < -0.3 is 10.2 Å². The highest BCUT2D eigenvalue weighted by molar-refractivity contribution is 5.97. The third kappa shape index (κ3) is 3.24. The lowest BCUT2D eigenvalue weighted by atomic mass is 9.83. The van der Waals surface area contributed by atoms with Crippen molar-refractivity contribution in [1.82, 2.24) is 10.2 Å². The summed E-state index contributed by atoms with van der Waals surface area (Å²) >= 11 is 0. The highest BCUT2D eigenvalue weighted by Gasteiger charge is 2.49. The summed E-state index contributed by atoms with van der Waals surface area (Å²) in [5, 5.41) is 2.97. The minimum atomic E-state index is -0.380. The molecule has 4 nitrogen and oxygen atoms in total. The van der Waals surface area contributed by atoms with E-state index in [-0.39, 0.29) is 41.3 Å². The van der Waals surface area contributed by atoms with Gasteiger partial charge in [-0.05, 0) is 31.6 Å². The van der Waals surface area contributed by atoms with Crippen LogP contribution in [0.5, 0.6) is 0 Å². The second-order valence-corrected chi connectivity index (χ2v) is 6.97. The highest BCUT2D eigenvalue weighted by Crippen LogP contribution is 2.33. The van der Waals surface area contributed by atoms with Crippen LogP contribution in [0.25, 0.3) is 0 Å². The van der Waals surface area contributed by atoms with Crippen molar-refractivity contribution in [1.29, 1.82) is 0 Å². The lowest BCUT2D eigenvalue weighted by molar-refractivity contribution is -0.161. The zero-order valence-corrected chi connectivity index (χ0v) is 14.7. The first-order valence-electron chi connectivity index (χ1n) is 8.37. The molecule has 2 amide bonds. The van der Waals surface area contributed by atoms with Gasteiger partial charge in [0.25, 0.3) is 0 Å². The van der Waals surface area contributed by atoms with Gasteiger partial charge in [0.05, 0.1) is 0 Å². The molecule has 3 unspecified atom stereocenters. The first-order valence-corrected chi connectivity index (χ1v) is 8.37. The molecule has 1 aliphatic heterocycles. The van der Waals surface area contributed by atoms with Gasteiger partial charge in [0.2, 0.25) is 11.8 Å². The minimum absolute atomic E-state index is 0.00280. The lowest BCUT2D eigenvalue weighted by Gasteiger charge is -2.51. The van der Waals surface area contributed by atoms with Crippen LogP contribution in [0.4, 0.5) is 0 Å². The van der Waals surface area contributed by atoms with E-state index in [2.05, 4.69) is 33.0 Å². The van der Waals surface area contributed by atoms with E-state index in [9.17, 15) is 9.59 Å². The van der Waals surface area contributed by atoms with Gasteiger partial charge in [0.1, 0.15) is 12.1 Å². The second-order valence-electron chi connectivity index (χ2n) is 6.97. The number of amides is 2. The molecule has 0 bridgehead atoms. The fourth-order valence-corrected chi connectivity index (χ4v) is 3.12.